The van der Waals surface area contributed by atoms with Crippen molar-refractivity contribution < 1.29 is 4.79 Å². The second-order valence-corrected chi connectivity index (χ2v) is 6.69. The van der Waals surface area contributed by atoms with Crippen molar-refractivity contribution in [1.82, 2.24) is 19.7 Å². The fourth-order valence-electron chi connectivity index (χ4n) is 1.83. The molecular weight excluding hydrogens is 413 g/mol. The summed E-state index contributed by atoms with van der Waals surface area (Å²) in [4.78, 5) is 20.5. The average molecular weight is 425 g/mol. The van der Waals surface area contributed by atoms with Gasteiger partial charge in [0.25, 0.3) is 5.91 Å². The number of anilines is 1. The van der Waals surface area contributed by atoms with Gasteiger partial charge in [0.2, 0.25) is 0 Å². The Bertz CT molecular complexity index is 769. The number of thiazole rings is 1. The van der Waals surface area contributed by atoms with Crippen molar-refractivity contribution in [3.63, 3.8) is 0 Å². The first kappa shape index (κ1) is 15.1. The van der Waals surface area contributed by atoms with Crippen molar-refractivity contribution in [3.8, 4) is 11.3 Å². The molecule has 0 fully saturated rings. The summed E-state index contributed by atoms with van der Waals surface area (Å²) in [6.07, 6.45) is 2.92. The van der Waals surface area contributed by atoms with E-state index in [4.69, 9.17) is 0 Å². The highest BCUT2D eigenvalue weighted by atomic mass is 127. The van der Waals surface area contributed by atoms with Gasteiger partial charge in [0.05, 0.1) is 5.69 Å². The predicted molar refractivity (Wildman–Crippen MR) is 93.6 cm³/mol. The molecule has 0 saturated heterocycles. The fourth-order valence-corrected chi connectivity index (χ4v) is 2.91. The summed E-state index contributed by atoms with van der Waals surface area (Å²) in [6.45, 7) is 1.76. The number of halogens is 1. The van der Waals surface area contributed by atoms with Crippen LogP contribution >= 0.6 is 33.9 Å². The molecule has 0 aliphatic rings. The first-order valence-corrected chi connectivity index (χ1v) is 8.46. The quantitative estimate of drug-likeness (QED) is 0.652. The van der Waals surface area contributed by atoms with Crippen LogP contribution in [0.3, 0.4) is 0 Å². The van der Waals surface area contributed by atoms with Gasteiger partial charge in [-0.15, -0.1) is 11.3 Å². The molecule has 1 amide bonds. The van der Waals surface area contributed by atoms with Crippen molar-refractivity contribution >= 4 is 45.0 Å². The molecule has 2 aromatic heterocycles. The highest BCUT2D eigenvalue weighted by Crippen LogP contribution is 2.25. The van der Waals surface area contributed by atoms with Gasteiger partial charge in [-0.3, -0.25) is 4.79 Å². The van der Waals surface area contributed by atoms with Gasteiger partial charge in [-0.2, -0.15) is 5.10 Å². The van der Waals surface area contributed by atoms with E-state index in [0.717, 1.165) is 11.3 Å². The smallest absolute Gasteiger partial charge is 0.250 e. The maximum Gasteiger partial charge on any atom is 0.250 e. The summed E-state index contributed by atoms with van der Waals surface area (Å²) in [7, 11) is 0. The Morgan fingerprint density at radius 2 is 2.14 bits per heavy atom. The van der Waals surface area contributed by atoms with Gasteiger partial charge in [0, 0.05) is 14.5 Å². The summed E-state index contributed by atoms with van der Waals surface area (Å²) in [5.74, 6) is -0.172. The number of nitrogens with one attached hydrogen (secondary N) is 1. The van der Waals surface area contributed by atoms with Crippen LogP contribution in [0.1, 0.15) is 13.0 Å². The fraction of sp³-hybridized carbons (Fsp3) is 0.143. The molecule has 112 valence electrons. The van der Waals surface area contributed by atoms with Crippen LogP contribution in [0.4, 0.5) is 5.13 Å². The highest BCUT2D eigenvalue weighted by molar-refractivity contribution is 14.1. The number of hydrogen-bond acceptors (Lipinski definition) is 5. The third-order valence-corrected chi connectivity index (χ3v) is 4.56. The third kappa shape index (κ3) is 3.33. The topological polar surface area (TPSA) is 72.7 Å². The third-order valence-electron chi connectivity index (χ3n) is 3.09. The molecule has 1 atom stereocenters. The van der Waals surface area contributed by atoms with Gasteiger partial charge in [-0.25, -0.2) is 14.6 Å². The predicted octanol–water partition coefficient (Wildman–Crippen LogP) is 3.21. The number of aromatic nitrogens is 4. The number of nitrogens with zero attached hydrogens (tertiary/aromatic N) is 4. The molecule has 3 rings (SSSR count). The minimum absolute atomic E-state index is 0.172. The molecule has 3 aromatic rings. The van der Waals surface area contributed by atoms with E-state index >= 15 is 0 Å². The molecule has 22 heavy (non-hydrogen) atoms. The Morgan fingerprint density at radius 1 is 1.36 bits per heavy atom. The zero-order valence-electron chi connectivity index (χ0n) is 11.6. The maximum atomic E-state index is 12.2. The lowest BCUT2D eigenvalue weighted by atomic mass is 10.2. The normalized spacial score (nSPS) is 12.1. The zero-order chi connectivity index (χ0) is 15.5. The van der Waals surface area contributed by atoms with E-state index in [0.29, 0.717) is 5.13 Å². The van der Waals surface area contributed by atoms with Gasteiger partial charge < -0.3 is 5.32 Å². The standard InChI is InChI=1S/C14H12IN5OS/c1-9(20-8-16-7-17-20)13(21)19-14-18-12(6-22-14)10-2-4-11(15)5-3-10/h2-9H,1H3,(H,18,19,21). The van der Waals surface area contributed by atoms with Crippen LogP contribution in [0, 0.1) is 3.57 Å². The van der Waals surface area contributed by atoms with Crippen LogP contribution in [0.15, 0.2) is 42.3 Å². The van der Waals surface area contributed by atoms with Crippen LogP contribution in [-0.2, 0) is 4.79 Å². The van der Waals surface area contributed by atoms with Crippen LogP contribution in [0.25, 0.3) is 11.3 Å². The summed E-state index contributed by atoms with van der Waals surface area (Å²) in [6, 6.07) is 7.65. The lowest BCUT2D eigenvalue weighted by Gasteiger charge is -2.09. The van der Waals surface area contributed by atoms with E-state index in [2.05, 4.69) is 43.0 Å². The minimum atomic E-state index is -0.437. The number of carbonyl (C=O) groups excluding carboxylic acids is 1. The SMILES string of the molecule is CC(C(=O)Nc1nc(-c2ccc(I)cc2)cs1)n1cncn1. The van der Waals surface area contributed by atoms with E-state index in [1.807, 2.05) is 29.6 Å². The van der Waals surface area contributed by atoms with Gasteiger partial charge >= 0.3 is 0 Å². The Kier molecular flexibility index (Phi) is 4.48. The number of rotatable bonds is 4. The van der Waals surface area contributed by atoms with Gasteiger partial charge in [-0.05, 0) is 41.6 Å². The molecule has 0 saturated carbocycles. The lowest BCUT2D eigenvalue weighted by molar-refractivity contribution is -0.119. The molecule has 1 N–H and O–H groups in total. The Labute approximate surface area is 144 Å². The molecule has 0 radical (unpaired) electrons. The van der Waals surface area contributed by atoms with E-state index in [9.17, 15) is 4.79 Å². The molecule has 1 unspecified atom stereocenters. The van der Waals surface area contributed by atoms with Crippen LogP contribution in [0.5, 0.6) is 0 Å². The van der Waals surface area contributed by atoms with Crippen molar-refractivity contribution in [2.24, 2.45) is 0 Å². The maximum absolute atomic E-state index is 12.2. The van der Waals surface area contributed by atoms with E-state index in [1.165, 1.54) is 32.2 Å². The van der Waals surface area contributed by atoms with Gasteiger partial charge in [0.15, 0.2) is 5.13 Å². The summed E-state index contributed by atoms with van der Waals surface area (Å²) in [5, 5.41) is 9.28. The molecule has 0 aliphatic heterocycles. The Morgan fingerprint density at radius 3 is 2.82 bits per heavy atom. The van der Waals surface area contributed by atoms with Gasteiger partial charge in [-0.1, -0.05) is 12.1 Å². The van der Waals surface area contributed by atoms with Crippen LogP contribution < -0.4 is 5.32 Å². The first-order chi connectivity index (χ1) is 10.6. The number of amides is 1. The summed E-state index contributed by atoms with van der Waals surface area (Å²) >= 11 is 3.66. The molecule has 0 aliphatic carbocycles. The number of hydrogen-bond donors (Lipinski definition) is 1. The molecule has 2 heterocycles. The minimum Gasteiger partial charge on any atom is -0.300 e. The van der Waals surface area contributed by atoms with Gasteiger partial charge in [0.1, 0.15) is 18.7 Å². The molecule has 6 nitrogen and oxygen atoms in total. The lowest BCUT2D eigenvalue weighted by Crippen LogP contribution is -2.23. The van der Waals surface area contributed by atoms with Crippen molar-refractivity contribution in [3.05, 3.63) is 45.9 Å². The van der Waals surface area contributed by atoms with E-state index < -0.39 is 6.04 Å². The van der Waals surface area contributed by atoms with Crippen LogP contribution in [-0.4, -0.2) is 25.7 Å². The average Bonchev–Trinajstić information content (AvgIpc) is 3.18. The zero-order valence-corrected chi connectivity index (χ0v) is 14.6. The van der Waals surface area contributed by atoms with Crippen molar-refractivity contribution in [2.75, 3.05) is 5.32 Å². The Balaban J connectivity index is 1.71. The number of benzene rings is 1. The number of carbonyl (C=O) groups is 1. The molecule has 0 spiro atoms. The van der Waals surface area contributed by atoms with Crippen LogP contribution in [0.2, 0.25) is 0 Å². The molecule has 1 aromatic carbocycles. The summed E-state index contributed by atoms with van der Waals surface area (Å²) < 4.78 is 2.68. The highest BCUT2D eigenvalue weighted by Gasteiger charge is 2.17. The van der Waals surface area contributed by atoms with Crippen molar-refractivity contribution in [1.29, 1.82) is 0 Å². The second-order valence-electron chi connectivity index (χ2n) is 4.59. The molecule has 8 heteroatoms. The molecule has 0 bridgehead atoms. The first-order valence-electron chi connectivity index (χ1n) is 6.50. The second kappa shape index (κ2) is 6.53. The monoisotopic (exact) mass is 425 g/mol. The summed E-state index contributed by atoms with van der Waals surface area (Å²) in [5.41, 5.74) is 1.88. The van der Waals surface area contributed by atoms with Crippen molar-refractivity contribution in [2.45, 2.75) is 13.0 Å². The largest absolute Gasteiger partial charge is 0.300 e. The van der Waals surface area contributed by atoms with E-state index in [1.54, 1.807) is 6.92 Å². The molecular formula is C14H12IN5OS. The Hall–Kier alpha value is -1.81. The van der Waals surface area contributed by atoms with E-state index in [-0.39, 0.29) is 5.91 Å².